The molecule has 0 spiro atoms. The molecule has 2 aromatic carbocycles. The molecule has 0 saturated carbocycles. The van der Waals surface area contributed by atoms with Crippen LogP contribution in [0, 0.1) is 0 Å². The molecule has 3 amide bonds. The number of thiazole rings is 1. The Morgan fingerprint density at radius 1 is 1.04 bits per heavy atom. The fraction of sp³-hybridized carbons (Fsp3) is 0. The summed E-state index contributed by atoms with van der Waals surface area (Å²) < 4.78 is 0.964. The number of fused-ring (bicyclic) bond motifs is 1. The Kier molecular flexibility index (Phi) is 4.07. The molecule has 0 atom stereocenters. The molecule has 0 radical (unpaired) electrons. The maximum atomic E-state index is 11.9. The number of benzene rings is 2. The summed E-state index contributed by atoms with van der Waals surface area (Å²) in [6, 6.07) is 13.4. The first-order chi connectivity index (χ1) is 11.1. The maximum Gasteiger partial charge on any atom is 0.339 e. The molecule has 5 N–H and O–H groups in total. The number of hydrazine groups is 1. The third-order valence-corrected chi connectivity index (χ3v) is 3.90. The summed E-state index contributed by atoms with van der Waals surface area (Å²) in [6.07, 6.45) is 0. The lowest BCUT2D eigenvalue weighted by molar-refractivity contribution is 0.0938. The number of nitrogens with two attached hydrogens (primary N) is 1. The summed E-state index contributed by atoms with van der Waals surface area (Å²) in [5, 5.41) is 3.01. The molecular formula is C15H13N5O2S. The first-order valence-electron chi connectivity index (χ1n) is 6.70. The normalized spacial score (nSPS) is 10.3. The topological polar surface area (TPSA) is 109 Å². The summed E-state index contributed by atoms with van der Waals surface area (Å²) in [5.74, 6) is -0.461. The Morgan fingerprint density at radius 3 is 2.65 bits per heavy atom. The van der Waals surface area contributed by atoms with Crippen molar-refractivity contribution in [3.05, 3.63) is 54.1 Å². The number of urea groups is 1. The van der Waals surface area contributed by atoms with Crippen LogP contribution in [0.3, 0.4) is 0 Å². The van der Waals surface area contributed by atoms with Crippen LogP contribution in [0.4, 0.5) is 15.6 Å². The second-order valence-corrected chi connectivity index (χ2v) is 5.68. The number of hydrogen-bond donors (Lipinski definition) is 4. The van der Waals surface area contributed by atoms with Gasteiger partial charge < -0.3 is 5.73 Å². The molecule has 7 nitrogen and oxygen atoms in total. The molecule has 0 fully saturated rings. The van der Waals surface area contributed by atoms with Crippen molar-refractivity contribution in [3.63, 3.8) is 0 Å². The minimum absolute atomic E-state index is 0.352. The molecule has 116 valence electrons. The predicted molar refractivity (Wildman–Crippen MR) is 90.1 cm³/mol. The molecule has 8 heteroatoms. The van der Waals surface area contributed by atoms with Crippen molar-refractivity contribution in [1.29, 1.82) is 0 Å². The SMILES string of the molecule is Nc1cccc(C(=O)NNC(=O)Nc2nc3ccccc3s2)c1. The van der Waals surface area contributed by atoms with Gasteiger partial charge in [-0.25, -0.2) is 15.2 Å². The van der Waals surface area contributed by atoms with Crippen molar-refractivity contribution in [1.82, 2.24) is 15.8 Å². The van der Waals surface area contributed by atoms with Gasteiger partial charge in [0.1, 0.15) is 0 Å². The smallest absolute Gasteiger partial charge is 0.339 e. The van der Waals surface area contributed by atoms with Crippen LogP contribution in [-0.2, 0) is 0 Å². The molecule has 0 unspecified atom stereocenters. The average Bonchev–Trinajstić information content (AvgIpc) is 2.94. The van der Waals surface area contributed by atoms with Crippen molar-refractivity contribution in [2.45, 2.75) is 0 Å². The number of para-hydroxylation sites is 1. The number of amides is 3. The zero-order chi connectivity index (χ0) is 16.2. The van der Waals surface area contributed by atoms with Crippen molar-refractivity contribution >= 4 is 44.3 Å². The van der Waals surface area contributed by atoms with E-state index in [4.69, 9.17) is 5.73 Å². The van der Waals surface area contributed by atoms with Gasteiger partial charge in [-0.05, 0) is 30.3 Å². The van der Waals surface area contributed by atoms with E-state index in [-0.39, 0.29) is 0 Å². The van der Waals surface area contributed by atoms with Crippen molar-refractivity contribution in [2.24, 2.45) is 0 Å². The van der Waals surface area contributed by atoms with Gasteiger partial charge in [0, 0.05) is 11.3 Å². The Labute approximate surface area is 135 Å². The predicted octanol–water partition coefficient (Wildman–Crippen LogP) is 2.35. The van der Waals surface area contributed by atoms with E-state index in [2.05, 4.69) is 21.2 Å². The zero-order valence-corrected chi connectivity index (χ0v) is 12.7. The molecule has 0 bridgehead atoms. The molecule has 3 aromatic rings. The van der Waals surface area contributed by atoms with E-state index in [1.54, 1.807) is 18.2 Å². The fourth-order valence-corrected chi connectivity index (χ4v) is 2.78. The maximum absolute atomic E-state index is 11.9. The van der Waals surface area contributed by atoms with E-state index in [0.717, 1.165) is 10.2 Å². The minimum Gasteiger partial charge on any atom is -0.399 e. The Hall–Kier alpha value is -3.13. The number of rotatable bonds is 2. The molecule has 1 aromatic heterocycles. The third kappa shape index (κ3) is 3.55. The summed E-state index contributed by atoms with van der Waals surface area (Å²) in [6.45, 7) is 0. The number of carbonyl (C=O) groups is 2. The standard InChI is InChI=1S/C15H13N5O2S/c16-10-5-3-4-9(8-10)13(21)19-20-14(22)18-15-17-11-6-1-2-7-12(11)23-15/h1-8H,16H2,(H,19,21)(H2,17,18,20,22). The number of nitrogens with one attached hydrogen (secondary N) is 3. The van der Waals surface area contributed by atoms with Gasteiger partial charge in [0.15, 0.2) is 5.13 Å². The highest BCUT2D eigenvalue weighted by Crippen LogP contribution is 2.25. The van der Waals surface area contributed by atoms with Gasteiger partial charge >= 0.3 is 6.03 Å². The minimum atomic E-state index is -0.582. The van der Waals surface area contributed by atoms with Gasteiger partial charge in [-0.3, -0.25) is 15.5 Å². The van der Waals surface area contributed by atoms with Gasteiger partial charge in [0.2, 0.25) is 0 Å². The van der Waals surface area contributed by atoms with Crippen LogP contribution in [0.25, 0.3) is 10.2 Å². The van der Waals surface area contributed by atoms with Crippen LogP contribution in [0.2, 0.25) is 0 Å². The number of nitrogen functional groups attached to an aromatic ring is 1. The first kappa shape index (κ1) is 14.8. The second-order valence-electron chi connectivity index (χ2n) is 4.65. The van der Waals surface area contributed by atoms with E-state index in [9.17, 15) is 9.59 Å². The van der Waals surface area contributed by atoms with Crippen LogP contribution in [0.5, 0.6) is 0 Å². The van der Waals surface area contributed by atoms with E-state index in [1.807, 2.05) is 24.3 Å². The monoisotopic (exact) mass is 327 g/mol. The van der Waals surface area contributed by atoms with Gasteiger partial charge in [0.25, 0.3) is 5.91 Å². The van der Waals surface area contributed by atoms with Gasteiger partial charge in [-0.1, -0.05) is 29.5 Å². The molecule has 23 heavy (non-hydrogen) atoms. The zero-order valence-electron chi connectivity index (χ0n) is 11.9. The van der Waals surface area contributed by atoms with Crippen LogP contribution in [-0.4, -0.2) is 16.9 Å². The molecule has 3 rings (SSSR count). The number of carbonyl (C=O) groups excluding carboxylic acids is 2. The number of anilines is 2. The van der Waals surface area contributed by atoms with Crippen LogP contribution < -0.4 is 21.9 Å². The van der Waals surface area contributed by atoms with E-state index >= 15 is 0 Å². The van der Waals surface area contributed by atoms with Crippen molar-refractivity contribution in [2.75, 3.05) is 11.1 Å². The highest BCUT2D eigenvalue weighted by molar-refractivity contribution is 7.22. The Bertz CT molecular complexity index is 844. The lowest BCUT2D eigenvalue weighted by Crippen LogP contribution is -2.43. The summed E-state index contributed by atoms with van der Waals surface area (Å²) in [5.41, 5.74) is 11.8. The average molecular weight is 327 g/mol. The molecule has 0 aliphatic rings. The van der Waals surface area contributed by atoms with Crippen LogP contribution in [0.15, 0.2) is 48.5 Å². The summed E-state index contributed by atoms with van der Waals surface area (Å²) >= 11 is 1.35. The highest BCUT2D eigenvalue weighted by atomic mass is 32.1. The van der Waals surface area contributed by atoms with Gasteiger partial charge in [-0.2, -0.15) is 0 Å². The molecule has 0 aliphatic carbocycles. The summed E-state index contributed by atoms with van der Waals surface area (Å²) in [4.78, 5) is 27.9. The van der Waals surface area contributed by atoms with Crippen molar-refractivity contribution in [3.8, 4) is 0 Å². The first-order valence-corrected chi connectivity index (χ1v) is 7.52. The van der Waals surface area contributed by atoms with Crippen molar-refractivity contribution < 1.29 is 9.59 Å². The van der Waals surface area contributed by atoms with Crippen LogP contribution >= 0.6 is 11.3 Å². The largest absolute Gasteiger partial charge is 0.399 e. The number of nitrogens with zero attached hydrogens (tertiary/aromatic N) is 1. The van der Waals surface area contributed by atoms with E-state index < -0.39 is 11.9 Å². The number of hydrogen-bond acceptors (Lipinski definition) is 5. The molecule has 0 aliphatic heterocycles. The second kappa shape index (κ2) is 6.32. The molecule has 1 heterocycles. The molecule has 0 saturated heterocycles. The lowest BCUT2D eigenvalue weighted by Gasteiger charge is -2.07. The summed E-state index contributed by atoms with van der Waals surface area (Å²) in [7, 11) is 0. The fourth-order valence-electron chi connectivity index (χ4n) is 1.92. The Balaban J connectivity index is 1.58. The van der Waals surface area contributed by atoms with E-state index in [0.29, 0.717) is 16.4 Å². The quantitative estimate of drug-likeness (QED) is 0.428. The number of aromatic nitrogens is 1. The highest BCUT2D eigenvalue weighted by Gasteiger charge is 2.09. The lowest BCUT2D eigenvalue weighted by atomic mass is 10.2. The van der Waals surface area contributed by atoms with Crippen LogP contribution in [0.1, 0.15) is 10.4 Å². The Morgan fingerprint density at radius 2 is 1.87 bits per heavy atom. The van der Waals surface area contributed by atoms with Gasteiger partial charge in [-0.15, -0.1) is 0 Å². The van der Waals surface area contributed by atoms with Gasteiger partial charge in [0.05, 0.1) is 10.2 Å². The third-order valence-electron chi connectivity index (χ3n) is 2.95. The van der Waals surface area contributed by atoms with E-state index in [1.165, 1.54) is 17.4 Å². The molecular weight excluding hydrogens is 314 g/mol.